The number of hydrogen-bond donors (Lipinski definition) is 3. The number of fused-ring (bicyclic) bond motifs is 1. The number of anilines is 2. The van der Waals surface area contributed by atoms with E-state index in [1.807, 2.05) is 0 Å². The summed E-state index contributed by atoms with van der Waals surface area (Å²) in [5.74, 6) is -0.903. The lowest BCUT2D eigenvalue weighted by atomic mass is 10.4. The molecule has 0 amide bonds. The van der Waals surface area contributed by atoms with E-state index in [1.165, 1.54) is 0 Å². The van der Waals surface area contributed by atoms with Gasteiger partial charge in [-0.3, -0.25) is 5.73 Å². The van der Waals surface area contributed by atoms with Crippen molar-refractivity contribution in [2.75, 3.05) is 11.5 Å². The molecule has 12 heavy (non-hydrogen) atoms. The lowest BCUT2D eigenvalue weighted by Gasteiger charge is -1.89. The molecule has 0 unspecified atom stereocenters. The van der Waals surface area contributed by atoms with Gasteiger partial charge in [0.25, 0.3) is 0 Å². The van der Waals surface area contributed by atoms with Crippen LogP contribution in [0.5, 0.6) is 5.75 Å². The molecular weight excluding hydrogens is 166 g/mol. The Morgan fingerprint density at radius 3 is 2.58 bits per heavy atom. The quantitative estimate of drug-likeness (QED) is 0.460. The number of nitrogen functional groups attached to an aromatic ring is 2. The highest BCUT2D eigenvalue weighted by Gasteiger charge is 2.20. The fourth-order valence-electron chi connectivity index (χ4n) is 0.892. The third-order valence-electron chi connectivity index (χ3n) is 1.47. The summed E-state index contributed by atoms with van der Waals surface area (Å²) in [6.07, 6.45) is 0. The van der Waals surface area contributed by atoms with E-state index in [0.29, 0.717) is 0 Å². The molecule has 0 aliphatic rings. The average Bonchev–Trinajstić information content (AvgIpc) is 2.43. The van der Waals surface area contributed by atoms with E-state index >= 15 is 0 Å². The Bertz CT molecular complexity index is 401. The lowest BCUT2D eigenvalue weighted by Crippen LogP contribution is -2.26. The third kappa shape index (κ3) is 0.570. The fourth-order valence-corrected chi connectivity index (χ4v) is 0.892. The van der Waals surface area contributed by atoms with Crippen LogP contribution >= 0.6 is 0 Å². The van der Waals surface area contributed by atoms with E-state index in [9.17, 15) is 5.21 Å². The normalized spacial score (nSPS) is 11.0. The molecule has 0 aliphatic heterocycles. The molecule has 0 radical (unpaired) electrons. The minimum Gasteiger partial charge on any atom is -0.502 e. The maximum atomic E-state index is 10.7. The molecule has 2 aromatic rings. The predicted molar refractivity (Wildman–Crippen MR) is 37.9 cm³/mol. The molecule has 2 heterocycles. The van der Waals surface area contributed by atoms with Crippen molar-refractivity contribution >= 4 is 22.9 Å². The maximum Gasteiger partial charge on any atom is 0.357 e. The summed E-state index contributed by atoms with van der Waals surface area (Å²) in [5.41, 5.74) is 10.2. The second-order valence-electron chi connectivity index (χ2n) is 2.21. The molecular formula is C5H5N3O4. The molecule has 0 saturated carbocycles. The van der Waals surface area contributed by atoms with Crippen molar-refractivity contribution in [2.45, 2.75) is 0 Å². The Hall–Kier alpha value is -2.05. The first kappa shape index (κ1) is 6.65. The third-order valence-corrected chi connectivity index (χ3v) is 1.47. The number of hydrogen-bond acceptors (Lipinski definition) is 6. The van der Waals surface area contributed by atoms with E-state index in [0.717, 1.165) is 0 Å². The highest BCUT2D eigenvalue weighted by molar-refractivity contribution is 5.88. The van der Waals surface area contributed by atoms with Crippen molar-refractivity contribution < 1.29 is 18.9 Å². The Morgan fingerprint density at radius 1 is 1.33 bits per heavy atom. The van der Waals surface area contributed by atoms with Gasteiger partial charge >= 0.3 is 5.82 Å². The number of aromatic hydroxyl groups is 1. The van der Waals surface area contributed by atoms with Crippen molar-refractivity contribution in [2.24, 2.45) is 0 Å². The van der Waals surface area contributed by atoms with E-state index in [-0.39, 0.29) is 27.8 Å². The number of furan rings is 1. The lowest BCUT2D eigenvalue weighted by molar-refractivity contribution is -0.776. The fraction of sp³-hybridized carbons (Fsp3) is 0. The topological polar surface area (TPSA) is 125 Å². The number of nitrogens with two attached hydrogens (primary N) is 2. The van der Waals surface area contributed by atoms with Crippen LogP contribution in [0.25, 0.3) is 11.2 Å². The van der Waals surface area contributed by atoms with Gasteiger partial charge in [-0.2, -0.15) is 0 Å². The van der Waals surface area contributed by atoms with Crippen LogP contribution in [0, 0.1) is 5.21 Å². The summed E-state index contributed by atoms with van der Waals surface area (Å²) >= 11 is 0. The van der Waals surface area contributed by atoms with Gasteiger partial charge in [0.15, 0.2) is 11.3 Å². The zero-order chi connectivity index (χ0) is 8.88. The van der Waals surface area contributed by atoms with Crippen LogP contribution in [-0.2, 0) is 0 Å². The van der Waals surface area contributed by atoms with Crippen molar-refractivity contribution in [3.8, 4) is 5.75 Å². The van der Waals surface area contributed by atoms with Crippen LogP contribution in [-0.4, -0.2) is 5.11 Å². The van der Waals surface area contributed by atoms with Gasteiger partial charge in [-0.1, -0.05) is 0 Å². The summed E-state index contributed by atoms with van der Waals surface area (Å²) < 4.78 is 9.20. The first-order valence-corrected chi connectivity index (χ1v) is 3.00. The standard InChI is InChI=1S/C5H5N3O4/c6-4-3-2(12-8(4)10)1(9)5(7)11-3/h9H,6-7H2. The highest BCUT2D eigenvalue weighted by atomic mass is 16.7. The molecule has 5 N–H and O–H groups in total. The van der Waals surface area contributed by atoms with Gasteiger partial charge in [0.1, 0.15) is 0 Å². The summed E-state index contributed by atoms with van der Waals surface area (Å²) in [6, 6.07) is 0. The first-order chi connectivity index (χ1) is 5.61. The molecule has 2 aromatic heterocycles. The van der Waals surface area contributed by atoms with Crippen molar-refractivity contribution in [3.05, 3.63) is 5.21 Å². The van der Waals surface area contributed by atoms with E-state index < -0.39 is 5.75 Å². The van der Waals surface area contributed by atoms with Gasteiger partial charge < -0.3 is 25.0 Å². The van der Waals surface area contributed by atoms with E-state index in [4.69, 9.17) is 21.0 Å². The molecule has 7 heteroatoms. The average molecular weight is 171 g/mol. The number of rotatable bonds is 0. The molecule has 64 valence electrons. The molecule has 0 fully saturated rings. The van der Waals surface area contributed by atoms with Gasteiger partial charge in [0, 0.05) is 0 Å². The maximum absolute atomic E-state index is 10.7. The summed E-state index contributed by atoms with van der Waals surface area (Å²) in [4.78, 5) is 0.0350. The predicted octanol–water partition coefficient (Wildman–Crippen LogP) is -0.471. The highest BCUT2D eigenvalue weighted by Crippen LogP contribution is 2.35. The largest absolute Gasteiger partial charge is 0.502 e. The second-order valence-corrected chi connectivity index (χ2v) is 2.21. The molecule has 0 bridgehead atoms. The van der Waals surface area contributed by atoms with E-state index in [2.05, 4.69) is 4.52 Å². The Kier molecular flexibility index (Phi) is 0.972. The SMILES string of the molecule is Nc1oc2c(N)[n+]([O-])oc2c1O. The Labute approximate surface area is 65.3 Å². The zero-order valence-electron chi connectivity index (χ0n) is 5.77. The molecule has 7 nitrogen and oxygen atoms in total. The van der Waals surface area contributed by atoms with Crippen LogP contribution in [0.3, 0.4) is 0 Å². The molecule has 0 spiro atoms. The monoisotopic (exact) mass is 171 g/mol. The zero-order valence-corrected chi connectivity index (χ0v) is 5.77. The van der Waals surface area contributed by atoms with Gasteiger partial charge in [-0.05, 0) is 4.90 Å². The number of nitrogens with zero attached hydrogens (tertiary/aromatic N) is 1. The van der Waals surface area contributed by atoms with Crippen molar-refractivity contribution in [1.29, 1.82) is 0 Å². The molecule has 0 atom stereocenters. The molecule has 0 saturated heterocycles. The second kappa shape index (κ2) is 1.76. The summed E-state index contributed by atoms with van der Waals surface area (Å²) in [6.45, 7) is 0. The van der Waals surface area contributed by atoms with Crippen LogP contribution in [0.15, 0.2) is 8.94 Å². The first-order valence-electron chi connectivity index (χ1n) is 3.00. The van der Waals surface area contributed by atoms with Gasteiger partial charge in [0.2, 0.25) is 11.5 Å². The summed E-state index contributed by atoms with van der Waals surface area (Å²) in [7, 11) is 0. The van der Waals surface area contributed by atoms with Crippen molar-refractivity contribution in [3.63, 3.8) is 0 Å². The number of aromatic nitrogens is 1. The molecule has 0 aromatic carbocycles. The minimum atomic E-state index is -0.411. The Morgan fingerprint density at radius 2 is 2.00 bits per heavy atom. The molecule has 2 rings (SSSR count). The summed E-state index contributed by atoms with van der Waals surface area (Å²) in [5, 5.41) is 19.8. The van der Waals surface area contributed by atoms with Gasteiger partial charge in [0.05, 0.1) is 0 Å². The van der Waals surface area contributed by atoms with Gasteiger partial charge in [-0.25, -0.2) is 0 Å². The van der Waals surface area contributed by atoms with Crippen LogP contribution in [0.4, 0.5) is 11.7 Å². The Balaban J connectivity index is 2.93. The smallest absolute Gasteiger partial charge is 0.357 e. The van der Waals surface area contributed by atoms with Crippen LogP contribution in [0.2, 0.25) is 0 Å². The van der Waals surface area contributed by atoms with Crippen molar-refractivity contribution in [1.82, 2.24) is 0 Å². The molecule has 0 aliphatic carbocycles. The van der Waals surface area contributed by atoms with E-state index in [1.54, 1.807) is 0 Å². The van der Waals surface area contributed by atoms with Crippen LogP contribution < -0.4 is 16.4 Å². The van der Waals surface area contributed by atoms with Gasteiger partial charge in [-0.15, -0.1) is 0 Å². The minimum absolute atomic E-state index is 0.0350. The van der Waals surface area contributed by atoms with Crippen LogP contribution in [0.1, 0.15) is 0 Å².